The van der Waals surface area contributed by atoms with Gasteiger partial charge in [-0.2, -0.15) is 0 Å². The van der Waals surface area contributed by atoms with Crippen LogP contribution in [0.5, 0.6) is 5.75 Å². The molecule has 0 atom stereocenters. The van der Waals surface area contributed by atoms with E-state index in [0.29, 0.717) is 34.5 Å². The first kappa shape index (κ1) is 19.6. The van der Waals surface area contributed by atoms with Gasteiger partial charge in [-0.1, -0.05) is 31.5 Å². The molecule has 138 valence electrons. The number of carbonyl (C=O) groups excluding carboxylic acids is 2. The van der Waals surface area contributed by atoms with Gasteiger partial charge in [0.15, 0.2) is 0 Å². The van der Waals surface area contributed by atoms with E-state index < -0.39 is 11.9 Å². The highest BCUT2D eigenvalue weighted by atomic mass is 35.5. The summed E-state index contributed by atoms with van der Waals surface area (Å²) in [7, 11) is 0. The molecule has 6 nitrogen and oxygen atoms in total. The first-order valence-electron chi connectivity index (χ1n) is 8.30. The number of anilines is 1. The van der Waals surface area contributed by atoms with Crippen LogP contribution in [-0.2, 0) is 0 Å². The molecule has 2 rings (SSSR count). The van der Waals surface area contributed by atoms with E-state index >= 15 is 0 Å². The molecule has 0 heterocycles. The van der Waals surface area contributed by atoms with Crippen molar-refractivity contribution in [2.75, 3.05) is 11.9 Å². The van der Waals surface area contributed by atoms with Gasteiger partial charge in [0.25, 0.3) is 5.91 Å². The highest BCUT2D eigenvalue weighted by molar-refractivity contribution is 6.30. The Morgan fingerprint density at radius 3 is 2.46 bits per heavy atom. The zero-order valence-corrected chi connectivity index (χ0v) is 15.5. The van der Waals surface area contributed by atoms with E-state index in [2.05, 4.69) is 30.0 Å². The SMILES string of the molecule is CC(C)CCOc1ccc(C(=O)NNC(=O)Nc2cccc(Cl)c2)cc1. The number of halogens is 1. The maximum atomic E-state index is 12.1. The van der Waals surface area contributed by atoms with Gasteiger partial charge >= 0.3 is 6.03 Å². The van der Waals surface area contributed by atoms with Gasteiger partial charge in [-0.05, 0) is 54.8 Å². The fraction of sp³-hybridized carbons (Fsp3) is 0.263. The van der Waals surface area contributed by atoms with Gasteiger partial charge in [-0.25, -0.2) is 10.2 Å². The molecular formula is C19H22ClN3O3. The van der Waals surface area contributed by atoms with E-state index in [9.17, 15) is 9.59 Å². The first-order chi connectivity index (χ1) is 12.4. The largest absolute Gasteiger partial charge is 0.494 e. The molecule has 2 aromatic rings. The number of urea groups is 1. The monoisotopic (exact) mass is 375 g/mol. The summed E-state index contributed by atoms with van der Waals surface area (Å²) >= 11 is 5.84. The summed E-state index contributed by atoms with van der Waals surface area (Å²) < 4.78 is 5.60. The summed E-state index contributed by atoms with van der Waals surface area (Å²) in [5.74, 6) is 0.845. The van der Waals surface area contributed by atoms with Crippen molar-refractivity contribution in [1.29, 1.82) is 0 Å². The smallest absolute Gasteiger partial charge is 0.337 e. The number of benzene rings is 2. The molecule has 0 fully saturated rings. The summed E-state index contributed by atoms with van der Waals surface area (Å²) in [6, 6.07) is 12.8. The molecule has 2 aromatic carbocycles. The molecule has 0 aliphatic heterocycles. The number of hydrogen-bond donors (Lipinski definition) is 3. The summed E-state index contributed by atoms with van der Waals surface area (Å²) in [5, 5.41) is 3.06. The fourth-order valence-corrected chi connectivity index (χ4v) is 2.22. The standard InChI is InChI=1S/C19H22ClN3O3/c1-13(2)10-11-26-17-8-6-14(7-9-17)18(24)22-23-19(25)21-16-5-3-4-15(20)12-16/h3-9,12-13H,10-11H2,1-2H3,(H,22,24)(H2,21,23,25). The Morgan fingerprint density at radius 2 is 1.81 bits per heavy atom. The van der Waals surface area contributed by atoms with E-state index in [1.54, 1.807) is 48.5 Å². The number of rotatable bonds is 6. The molecule has 3 N–H and O–H groups in total. The van der Waals surface area contributed by atoms with E-state index in [4.69, 9.17) is 16.3 Å². The molecule has 7 heteroatoms. The predicted octanol–water partition coefficient (Wildman–Crippen LogP) is 4.23. The van der Waals surface area contributed by atoms with E-state index in [0.717, 1.165) is 6.42 Å². The van der Waals surface area contributed by atoms with E-state index in [1.165, 1.54) is 0 Å². The van der Waals surface area contributed by atoms with Gasteiger partial charge < -0.3 is 10.1 Å². The zero-order valence-electron chi connectivity index (χ0n) is 14.7. The van der Waals surface area contributed by atoms with Gasteiger partial charge in [-0.15, -0.1) is 0 Å². The minimum Gasteiger partial charge on any atom is -0.494 e. The minimum absolute atomic E-state index is 0.407. The molecule has 0 aromatic heterocycles. The second kappa shape index (κ2) is 9.68. The van der Waals surface area contributed by atoms with Gasteiger partial charge in [0.05, 0.1) is 6.61 Å². The van der Waals surface area contributed by atoms with Crippen molar-refractivity contribution in [3.8, 4) is 5.75 Å². The second-order valence-electron chi connectivity index (χ2n) is 6.10. The highest BCUT2D eigenvalue weighted by Crippen LogP contribution is 2.15. The summed E-state index contributed by atoms with van der Waals surface area (Å²) in [5.41, 5.74) is 5.55. The van der Waals surface area contributed by atoms with Crippen LogP contribution in [0.4, 0.5) is 10.5 Å². The van der Waals surface area contributed by atoms with Crippen molar-refractivity contribution in [2.45, 2.75) is 20.3 Å². The van der Waals surface area contributed by atoms with Crippen LogP contribution in [0.3, 0.4) is 0 Å². The quantitative estimate of drug-likeness (QED) is 0.661. The van der Waals surface area contributed by atoms with Gasteiger partial charge in [0.2, 0.25) is 0 Å². The molecule has 0 aliphatic carbocycles. The average molecular weight is 376 g/mol. The molecule has 26 heavy (non-hydrogen) atoms. The maximum Gasteiger partial charge on any atom is 0.337 e. The number of nitrogens with one attached hydrogen (secondary N) is 3. The maximum absolute atomic E-state index is 12.1. The first-order valence-corrected chi connectivity index (χ1v) is 8.67. The van der Waals surface area contributed by atoms with Crippen molar-refractivity contribution in [3.05, 3.63) is 59.1 Å². The van der Waals surface area contributed by atoms with Crippen LogP contribution >= 0.6 is 11.6 Å². The van der Waals surface area contributed by atoms with Crippen molar-refractivity contribution < 1.29 is 14.3 Å². The fourth-order valence-electron chi connectivity index (χ4n) is 2.03. The molecule has 0 unspecified atom stereocenters. The normalized spacial score (nSPS) is 10.3. The summed E-state index contributed by atoms with van der Waals surface area (Å²) in [4.78, 5) is 23.8. The Hall–Kier alpha value is -2.73. The lowest BCUT2D eigenvalue weighted by Crippen LogP contribution is -2.43. The minimum atomic E-state index is -0.575. The number of amides is 3. The van der Waals surface area contributed by atoms with Gasteiger partial charge in [-0.3, -0.25) is 10.2 Å². The van der Waals surface area contributed by atoms with Crippen molar-refractivity contribution in [3.63, 3.8) is 0 Å². The Kier molecular flexibility index (Phi) is 7.29. The Bertz CT molecular complexity index is 748. The number of hydrazine groups is 1. The molecule has 0 radical (unpaired) electrons. The third kappa shape index (κ3) is 6.64. The van der Waals surface area contributed by atoms with Gasteiger partial charge in [0, 0.05) is 16.3 Å². The van der Waals surface area contributed by atoms with Crippen LogP contribution in [0.1, 0.15) is 30.6 Å². The second-order valence-corrected chi connectivity index (χ2v) is 6.54. The molecule has 0 aliphatic rings. The Balaban J connectivity index is 1.79. The third-order valence-corrected chi connectivity index (χ3v) is 3.69. The Labute approximate surface area is 157 Å². The van der Waals surface area contributed by atoms with Crippen molar-refractivity contribution >= 4 is 29.2 Å². The zero-order chi connectivity index (χ0) is 18.9. The summed E-state index contributed by atoms with van der Waals surface area (Å²) in [6.45, 7) is 4.90. The molecule has 0 bridgehead atoms. The molecule has 3 amide bonds. The van der Waals surface area contributed by atoms with Crippen LogP contribution in [0.15, 0.2) is 48.5 Å². The van der Waals surface area contributed by atoms with Crippen molar-refractivity contribution in [1.82, 2.24) is 10.9 Å². The molecular weight excluding hydrogens is 354 g/mol. The van der Waals surface area contributed by atoms with Crippen LogP contribution in [0, 0.1) is 5.92 Å². The lowest BCUT2D eigenvalue weighted by atomic mass is 10.1. The predicted molar refractivity (Wildman–Crippen MR) is 102 cm³/mol. The number of hydrogen-bond acceptors (Lipinski definition) is 3. The highest BCUT2D eigenvalue weighted by Gasteiger charge is 2.08. The van der Waals surface area contributed by atoms with Crippen LogP contribution in [0.25, 0.3) is 0 Å². The number of carbonyl (C=O) groups is 2. The van der Waals surface area contributed by atoms with Crippen molar-refractivity contribution in [2.24, 2.45) is 5.92 Å². The lowest BCUT2D eigenvalue weighted by molar-refractivity contribution is 0.0938. The van der Waals surface area contributed by atoms with Gasteiger partial charge in [0.1, 0.15) is 5.75 Å². The number of ether oxygens (including phenoxy) is 1. The molecule has 0 spiro atoms. The third-order valence-electron chi connectivity index (χ3n) is 3.45. The average Bonchev–Trinajstić information content (AvgIpc) is 2.60. The van der Waals surface area contributed by atoms with Crippen LogP contribution in [0.2, 0.25) is 5.02 Å². The van der Waals surface area contributed by atoms with Crippen LogP contribution < -0.4 is 20.9 Å². The Morgan fingerprint density at radius 1 is 1.08 bits per heavy atom. The molecule has 0 saturated carbocycles. The topological polar surface area (TPSA) is 79.5 Å². The lowest BCUT2D eigenvalue weighted by Gasteiger charge is -2.10. The molecule has 0 saturated heterocycles. The van der Waals surface area contributed by atoms with Crippen LogP contribution in [-0.4, -0.2) is 18.5 Å². The van der Waals surface area contributed by atoms with E-state index in [-0.39, 0.29) is 0 Å². The summed E-state index contributed by atoms with van der Waals surface area (Å²) in [6.07, 6.45) is 0.966. The van der Waals surface area contributed by atoms with E-state index in [1.807, 2.05) is 0 Å².